The predicted molar refractivity (Wildman–Crippen MR) is 258 cm³/mol. The summed E-state index contributed by atoms with van der Waals surface area (Å²) in [4.78, 5) is 5.23. The molecule has 0 atom stereocenters. The summed E-state index contributed by atoms with van der Waals surface area (Å²) in [6.07, 6.45) is 0. The van der Waals surface area contributed by atoms with E-state index >= 15 is 0 Å². The maximum atomic E-state index is 2.63. The second-order valence-corrected chi connectivity index (χ2v) is 26.1. The number of benzene rings is 6. The van der Waals surface area contributed by atoms with Crippen LogP contribution >= 0.6 is 0 Å². The quantitative estimate of drug-likeness (QED) is 0.164. The maximum absolute atomic E-state index is 2.63. The van der Waals surface area contributed by atoms with Crippen molar-refractivity contribution in [3.63, 3.8) is 0 Å². The molecule has 0 saturated heterocycles. The number of anilines is 6. The highest BCUT2D eigenvalue weighted by atomic mass is 28.3. The number of nitrogens with zero attached hydrogens (tertiary/aromatic N) is 2. The van der Waals surface area contributed by atoms with Gasteiger partial charge in [-0.15, -0.1) is 0 Å². The van der Waals surface area contributed by atoms with E-state index in [1.165, 1.54) is 83.1 Å². The summed E-state index contributed by atoms with van der Waals surface area (Å²) >= 11 is 0. The van der Waals surface area contributed by atoms with Crippen molar-refractivity contribution in [1.29, 1.82) is 0 Å². The molecule has 0 fully saturated rings. The van der Waals surface area contributed by atoms with E-state index in [0.717, 1.165) is 0 Å². The van der Waals surface area contributed by atoms with Gasteiger partial charge in [0.2, 0.25) is 0 Å². The average molecular weight is 779 g/mol. The Bertz CT molecular complexity index is 2520. The molecule has 2 heterocycles. The van der Waals surface area contributed by atoms with Crippen LogP contribution in [0.5, 0.6) is 0 Å². The molecule has 296 valence electrons. The lowest BCUT2D eigenvalue weighted by molar-refractivity contribution is 0.589. The molecule has 2 aliphatic heterocycles. The van der Waals surface area contributed by atoms with Gasteiger partial charge in [0.25, 0.3) is 6.71 Å². The third-order valence-corrected chi connectivity index (χ3v) is 16.5. The highest BCUT2D eigenvalue weighted by Gasteiger charge is 2.45. The Morgan fingerprint density at radius 3 is 1.48 bits per heavy atom. The third-order valence-electron chi connectivity index (χ3n) is 13.0. The van der Waals surface area contributed by atoms with E-state index in [4.69, 9.17) is 0 Å². The minimum atomic E-state index is -2.21. The Balaban J connectivity index is 1.53. The Morgan fingerprint density at radius 2 is 0.897 bits per heavy atom. The zero-order valence-electron chi connectivity index (χ0n) is 37.6. The first-order valence-corrected chi connectivity index (χ1v) is 24.4. The van der Waals surface area contributed by atoms with E-state index < -0.39 is 8.07 Å². The van der Waals surface area contributed by atoms with Crippen LogP contribution in [0, 0.1) is 0 Å². The SMILES string of the molecule is CC(C)(C)c1ccc(N2c3ccc(C(C)(C)C)cc3B3c4ccc(C(C)(C)C)cc4N(c4cccc(C(C)(C)C)c4)c4cc([Si](C)(C)c5ccccc5)cc2c43)cc1. The summed E-state index contributed by atoms with van der Waals surface area (Å²) < 4.78 is 0. The number of hydrogen-bond acceptors (Lipinski definition) is 2. The number of fused-ring (bicyclic) bond motifs is 4. The summed E-state index contributed by atoms with van der Waals surface area (Å²) in [5.41, 5.74) is 17.1. The minimum Gasteiger partial charge on any atom is -0.311 e. The summed E-state index contributed by atoms with van der Waals surface area (Å²) in [7, 11) is -2.21. The fourth-order valence-corrected chi connectivity index (χ4v) is 11.4. The molecule has 2 aliphatic rings. The normalized spacial score (nSPS) is 14.3. The summed E-state index contributed by atoms with van der Waals surface area (Å²) in [5.74, 6) is 0. The Hall–Kier alpha value is -4.80. The Labute approximate surface area is 351 Å². The number of hydrogen-bond donors (Lipinski definition) is 0. The standard InChI is InChI=1S/C54H63BN2Si/c1-51(2,3)36-23-27-40(28-24-36)56-46-30-26-38(53(7,8)9)32-45(46)55-44-29-25-39(54(10,11)12)33-47(44)57(41-20-18-19-37(31-41)52(4,5)6)49-35-43(34-48(56)50(49)55)58(13,14)42-21-16-15-17-22-42/h15-35H,1-14H3. The van der Waals surface area contributed by atoms with Crippen molar-refractivity contribution in [3.8, 4) is 0 Å². The van der Waals surface area contributed by atoms with Crippen LogP contribution in [0.3, 0.4) is 0 Å². The molecule has 0 radical (unpaired) electrons. The molecule has 58 heavy (non-hydrogen) atoms. The van der Waals surface area contributed by atoms with Gasteiger partial charge in [-0.2, -0.15) is 0 Å². The number of rotatable bonds is 4. The largest absolute Gasteiger partial charge is 0.311 e. The lowest BCUT2D eigenvalue weighted by Gasteiger charge is -2.46. The molecular formula is C54H63BN2Si. The van der Waals surface area contributed by atoms with Gasteiger partial charge in [0.15, 0.2) is 0 Å². The molecule has 4 heteroatoms. The zero-order chi connectivity index (χ0) is 41.7. The lowest BCUT2D eigenvalue weighted by Crippen LogP contribution is -2.63. The second-order valence-electron chi connectivity index (χ2n) is 21.7. The van der Waals surface area contributed by atoms with E-state index in [2.05, 4.69) is 233 Å². The van der Waals surface area contributed by atoms with Crippen LogP contribution in [0.1, 0.15) is 105 Å². The van der Waals surface area contributed by atoms with Gasteiger partial charge < -0.3 is 9.80 Å². The van der Waals surface area contributed by atoms with Gasteiger partial charge in [-0.1, -0.05) is 185 Å². The van der Waals surface area contributed by atoms with Crippen LogP contribution in [0.4, 0.5) is 34.1 Å². The zero-order valence-corrected chi connectivity index (χ0v) is 38.6. The molecule has 0 N–H and O–H groups in total. The van der Waals surface area contributed by atoms with Gasteiger partial charge >= 0.3 is 0 Å². The predicted octanol–water partition coefficient (Wildman–Crippen LogP) is 11.8. The van der Waals surface area contributed by atoms with E-state index in [9.17, 15) is 0 Å². The van der Waals surface area contributed by atoms with Gasteiger partial charge in [0.1, 0.15) is 8.07 Å². The van der Waals surface area contributed by atoms with Crippen molar-refractivity contribution in [2.24, 2.45) is 0 Å². The molecular weight excluding hydrogens is 716 g/mol. The van der Waals surface area contributed by atoms with Crippen LogP contribution in [0.2, 0.25) is 13.1 Å². The fraction of sp³-hybridized carbons (Fsp3) is 0.333. The van der Waals surface area contributed by atoms with E-state index in [0.29, 0.717) is 0 Å². The molecule has 6 aromatic rings. The van der Waals surface area contributed by atoms with E-state index in [1.807, 2.05) is 0 Å². The van der Waals surface area contributed by atoms with Crippen molar-refractivity contribution in [3.05, 3.63) is 150 Å². The van der Waals surface area contributed by atoms with Gasteiger partial charge in [-0.3, -0.25) is 0 Å². The smallest absolute Gasteiger partial charge is 0.252 e. The van der Waals surface area contributed by atoms with Crippen molar-refractivity contribution < 1.29 is 0 Å². The molecule has 0 unspecified atom stereocenters. The van der Waals surface area contributed by atoms with Crippen LogP contribution in [-0.2, 0) is 21.7 Å². The van der Waals surface area contributed by atoms with Gasteiger partial charge in [0.05, 0.1) is 0 Å². The Kier molecular flexibility index (Phi) is 9.40. The molecule has 0 aromatic heterocycles. The fourth-order valence-electron chi connectivity index (χ4n) is 9.09. The van der Waals surface area contributed by atoms with Crippen molar-refractivity contribution >= 4 is 75.7 Å². The van der Waals surface area contributed by atoms with Crippen LogP contribution < -0.4 is 36.6 Å². The van der Waals surface area contributed by atoms with Crippen LogP contribution in [-0.4, -0.2) is 14.8 Å². The van der Waals surface area contributed by atoms with E-state index in [-0.39, 0.29) is 28.4 Å². The maximum Gasteiger partial charge on any atom is 0.252 e. The second kappa shape index (κ2) is 13.6. The molecule has 0 saturated carbocycles. The average Bonchev–Trinajstić information content (AvgIpc) is 3.16. The van der Waals surface area contributed by atoms with Crippen LogP contribution in [0.25, 0.3) is 0 Å². The minimum absolute atomic E-state index is 0.000487. The molecule has 0 bridgehead atoms. The lowest BCUT2D eigenvalue weighted by atomic mass is 9.33. The Morgan fingerprint density at radius 1 is 0.379 bits per heavy atom. The topological polar surface area (TPSA) is 6.48 Å². The van der Waals surface area contributed by atoms with Crippen molar-refractivity contribution in [2.75, 3.05) is 9.80 Å². The van der Waals surface area contributed by atoms with Crippen molar-refractivity contribution in [2.45, 2.75) is 118 Å². The first-order valence-electron chi connectivity index (χ1n) is 21.4. The van der Waals surface area contributed by atoms with Gasteiger partial charge in [-0.25, -0.2) is 0 Å². The molecule has 0 spiro atoms. The highest BCUT2D eigenvalue weighted by molar-refractivity contribution is 7.02. The molecule has 0 amide bonds. The van der Waals surface area contributed by atoms with Crippen molar-refractivity contribution in [1.82, 2.24) is 0 Å². The molecule has 6 aromatic carbocycles. The monoisotopic (exact) mass is 778 g/mol. The summed E-state index contributed by atoms with van der Waals surface area (Å²) in [6.45, 7) is 33.1. The molecule has 8 rings (SSSR count). The third kappa shape index (κ3) is 6.85. The summed E-state index contributed by atoms with van der Waals surface area (Å²) in [6, 6.07) is 49.9. The van der Waals surface area contributed by atoms with Crippen LogP contribution in [0.15, 0.2) is 127 Å². The highest BCUT2D eigenvalue weighted by Crippen LogP contribution is 2.46. The van der Waals surface area contributed by atoms with Gasteiger partial charge in [-0.05, 0) is 109 Å². The first-order chi connectivity index (χ1) is 27.0. The van der Waals surface area contributed by atoms with E-state index in [1.54, 1.807) is 0 Å². The van der Waals surface area contributed by atoms with Gasteiger partial charge in [0, 0.05) is 34.1 Å². The summed E-state index contributed by atoms with van der Waals surface area (Å²) in [5, 5.41) is 2.88. The molecule has 2 nitrogen and oxygen atoms in total. The molecule has 0 aliphatic carbocycles. The first kappa shape index (κ1) is 40.0.